The third-order valence-electron chi connectivity index (χ3n) is 2.19. The second kappa shape index (κ2) is 2.05. The molecule has 1 aromatic rings. The van der Waals surface area contributed by atoms with E-state index < -0.39 is 0 Å². The van der Waals surface area contributed by atoms with Gasteiger partial charge in [0, 0.05) is 5.54 Å². The first kappa shape index (κ1) is 6.80. The summed E-state index contributed by atoms with van der Waals surface area (Å²) in [6.07, 6.45) is 1.97. The number of halogens is 1. The fraction of sp³-hybridized carbons (Fsp3) is 0.333. The van der Waals surface area contributed by atoms with Gasteiger partial charge >= 0.3 is 0 Å². The summed E-state index contributed by atoms with van der Waals surface area (Å²) < 4.78 is 12.7. The van der Waals surface area contributed by atoms with Gasteiger partial charge in [-0.2, -0.15) is 0 Å². The van der Waals surface area contributed by atoms with Crippen molar-refractivity contribution in [3.63, 3.8) is 0 Å². The van der Waals surface area contributed by atoms with Crippen LogP contribution >= 0.6 is 0 Å². The van der Waals surface area contributed by atoms with E-state index in [4.69, 9.17) is 5.73 Å². The summed E-state index contributed by atoms with van der Waals surface area (Å²) in [5, 5.41) is 0. The molecule has 0 amide bonds. The average molecular weight is 151 g/mol. The third-order valence-corrected chi connectivity index (χ3v) is 2.19. The molecule has 1 fully saturated rings. The van der Waals surface area contributed by atoms with E-state index >= 15 is 0 Å². The molecule has 0 heterocycles. The van der Waals surface area contributed by atoms with E-state index in [2.05, 4.69) is 0 Å². The van der Waals surface area contributed by atoms with Gasteiger partial charge in [-0.3, -0.25) is 0 Å². The molecular weight excluding hydrogens is 141 g/mol. The van der Waals surface area contributed by atoms with Crippen LogP contribution in [-0.4, -0.2) is 0 Å². The van der Waals surface area contributed by atoms with E-state index in [1.807, 2.05) is 6.07 Å². The summed E-state index contributed by atoms with van der Waals surface area (Å²) >= 11 is 0. The van der Waals surface area contributed by atoms with Crippen molar-refractivity contribution in [1.82, 2.24) is 0 Å². The molecule has 0 atom stereocenters. The highest BCUT2D eigenvalue weighted by molar-refractivity contribution is 5.29. The van der Waals surface area contributed by atoms with Crippen molar-refractivity contribution >= 4 is 0 Å². The summed E-state index contributed by atoms with van der Waals surface area (Å²) in [5.41, 5.74) is 6.59. The van der Waals surface area contributed by atoms with Crippen LogP contribution in [0.1, 0.15) is 18.4 Å². The smallest absolute Gasteiger partial charge is 0.123 e. The van der Waals surface area contributed by atoms with Crippen LogP contribution in [0, 0.1) is 5.82 Å². The Morgan fingerprint density at radius 2 is 2.09 bits per heavy atom. The fourth-order valence-corrected chi connectivity index (χ4v) is 1.22. The van der Waals surface area contributed by atoms with Gasteiger partial charge < -0.3 is 5.73 Å². The molecule has 1 aromatic carbocycles. The highest BCUT2D eigenvalue weighted by Crippen LogP contribution is 2.42. The van der Waals surface area contributed by atoms with Gasteiger partial charge in [0.1, 0.15) is 5.82 Å². The third kappa shape index (κ3) is 1.14. The van der Waals surface area contributed by atoms with Crippen LogP contribution in [0.25, 0.3) is 0 Å². The number of hydrogen-bond donors (Lipinski definition) is 1. The van der Waals surface area contributed by atoms with Gasteiger partial charge in [0.15, 0.2) is 0 Å². The van der Waals surface area contributed by atoms with Crippen molar-refractivity contribution in [3.05, 3.63) is 35.6 Å². The zero-order valence-corrected chi connectivity index (χ0v) is 6.18. The van der Waals surface area contributed by atoms with Gasteiger partial charge in [-0.1, -0.05) is 12.1 Å². The maximum atomic E-state index is 12.7. The molecule has 0 aliphatic heterocycles. The van der Waals surface area contributed by atoms with Gasteiger partial charge in [-0.25, -0.2) is 4.39 Å². The normalized spacial score (nSPS) is 19.8. The molecular formula is C9H10FN. The van der Waals surface area contributed by atoms with E-state index in [1.54, 1.807) is 6.07 Å². The summed E-state index contributed by atoms with van der Waals surface area (Å²) in [7, 11) is 0. The van der Waals surface area contributed by atoms with Crippen molar-refractivity contribution < 1.29 is 4.39 Å². The highest BCUT2D eigenvalue weighted by Gasteiger charge is 2.39. The lowest BCUT2D eigenvalue weighted by Gasteiger charge is -2.07. The monoisotopic (exact) mass is 151 g/mol. The second-order valence-corrected chi connectivity index (χ2v) is 3.17. The predicted octanol–water partition coefficient (Wildman–Crippen LogP) is 1.77. The van der Waals surface area contributed by atoms with Crippen molar-refractivity contribution in [2.24, 2.45) is 5.73 Å². The summed E-state index contributed by atoms with van der Waals surface area (Å²) in [4.78, 5) is 0. The van der Waals surface area contributed by atoms with E-state index in [0.717, 1.165) is 18.4 Å². The lowest BCUT2D eigenvalue weighted by atomic mass is 10.1. The van der Waals surface area contributed by atoms with E-state index in [9.17, 15) is 4.39 Å². The standard InChI is InChI=1S/C9H10FN/c10-8-3-1-2-7(6-8)9(11)4-5-9/h1-3,6H,4-5,11H2. The minimum absolute atomic E-state index is 0.195. The van der Waals surface area contributed by atoms with Crippen molar-refractivity contribution in [1.29, 1.82) is 0 Å². The number of hydrogen-bond acceptors (Lipinski definition) is 1. The molecule has 2 rings (SSSR count). The molecule has 0 unspecified atom stereocenters. The first-order valence-corrected chi connectivity index (χ1v) is 3.76. The van der Waals surface area contributed by atoms with Crippen LogP contribution in [0.15, 0.2) is 24.3 Å². The number of nitrogens with two attached hydrogens (primary N) is 1. The Bertz CT molecular complexity index is 279. The molecule has 0 saturated heterocycles. The first-order valence-electron chi connectivity index (χ1n) is 3.76. The minimum atomic E-state index is -0.206. The number of benzene rings is 1. The van der Waals surface area contributed by atoms with Crippen molar-refractivity contribution in [2.45, 2.75) is 18.4 Å². The van der Waals surface area contributed by atoms with Crippen LogP contribution in [0.2, 0.25) is 0 Å². The first-order chi connectivity index (χ1) is 5.21. The maximum Gasteiger partial charge on any atom is 0.123 e. The van der Waals surface area contributed by atoms with Crippen molar-refractivity contribution in [2.75, 3.05) is 0 Å². The molecule has 0 bridgehead atoms. The van der Waals surface area contributed by atoms with Crippen LogP contribution in [0.5, 0.6) is 0 Å². The van der Waals surface area contributed by atoms with E-state index in [1.165, 1.54) is 12.1 Å². The molecule has 2 heteroatoms. The highest BCUT2D eigenvalue weighted by atomic mass is 19.1. The lowest BCUT2D eigenvalue weighted by molar-refractivity contribution is 0.618. The van der Waals surface area contributed by atoms with Gasteiger partial charge in [-0.15, -0.1) is 0 Å². The lowest BCUT2D eigenvalue weighted by Crippen LogP contribution is -2.18. The molecule has 11 heavy (non-hydrogen) atoms. The Balaban J connectivity index is 2.38. The fourth-order valence-electron chi connectivity index (χ4n) is 1.22. The Morgan fingerprint density at radius 1 is 1.36 bits per heavy atom. The van der Waals surface area contributed by atoms with Gasteiger partial charge in [0.2, 0.25) is 0 Å². The van der Waals surface area contributed by atoms with Crippen molar-refractivity contribution in [3.8, 4) is 0 Å². The molecule has 58 valence electrons. The zero-order chi connectivity index (χ0) is 7.90. The summed E-state index contributed by atoms with van der Waals surface area (Å²) in [6, 6.07) is 6.55. The molecule has 1 aliphatic carbocycles. The van der Waals surface area contributed by atoms with Crippen LogP contribution in [-0.2, 0) is 5.54 Å². The van der Waals surface area contributed by atoms with E-state index in [0.29, 0.717) is 0 Å². The van der Waals surface area contributed by atoms with Crippen LogP contribution in [0.4, 0.5) is 4.39 Å². The van der Waals surface area contributed by atoms with E-state index in [-0.39, 0.29) is 11.4 Å². The SMILES string of the molecule is NC1(c2cccc(F)c2)CC1. The Hall–Kier alpha value is -0.890. The maximum absolute atomic E-state index is 12.7. The molecule has 1 saturated carbocycles. The Kier molecular flexibility index (Phi) is 1.26. The van der Waals surface area contributed by atoms with Gasteiger partial charge in [0.25, 0.3) is 0 Å². The summed E-state index contributed by atoms with van der Waals surface area (Å²) in [5.74, 6) is -0.195. The molecule has 2 N–H and O–H groups in total. The predicted molar refractivity (Wildman–Crippen MR) is 41.5 cm³/mol. The van der Waals surface area contributed by atoms with Crippen LogP contribution in [0.3, 0.4) is 0 Å². The average Bonchev–Trinajstić information content (AvgIpc) is 2.70. The minimum Gasteiger partial charge on any atom is -0.321 e. The quantitative estimate of drug-likeness (QED) is 0.650. The molecule has 1 aliphatic rings. The summed E-state index contributed by atoms with van der Waals surface area (Å²) in [6.45, 7) is 0. The van der Waals surface area contributed by atoms with Crippen LogP contribution < -0.4 is 5.73 Å². The second-order valence-electron chi connectivity index (χ2n) is 3.17. The zero-order valence-electron chi connectivity index (χ0n) is 6.18. The largest absolute Gasteiger partial charge is 0.321 e. The van der Waals surface area contributed by atoms with Gasteiger partial charge in [0.05, 0.1) is 0 Å². The Morgan fingerprint density at radius 3 is 2.64 bits per heavy atom. The Labute approximate surface area is 65.0 Å². The molecule has 0 aromatic heterocycles. The number of rotatable bonds is 1. The van der Waals surface area contributed by atoms with Gasteiger partial charge in [-0.05, 0) is 30.5 Å². The molecule has 0 radical (unpaired) electrons. The molecule has 1 nitrogen and oxygen atoms in total. The topological polar surface area (TPSA) is 26.0 Å². The molecule has 0 spiro atoms.